The fourth-order valence-corrected chi connectivity index (χ4v) is 8.20. The van der Waals surface area contributed by atoms with Crippen LogP contribution in [0.1, 0.15) is 29.5 Å². The summed E-state index contributed by atoms with van der Waals surface area (Å²) in [5, 5.41) is 0. The Morgan fingerprint density at radius 1 is 1.09 bits per heavy atom. The average molecular weight is 493 g/mol. The lowest BCUT2D eigenvalue weighted by atomic mass is 9.92. The quantitative estimate of drug-likeness (QED) is 0.656. The smallest absolute Gasteiger partial charge is 0.250 e. The van der Waals surface area contributed by atoms with Crippen molar-refractivity contribution < 1.29 is 13.2 Å². The molecule has 1 unspecified atom stereocenters. The van der Waals surface area contributed by atoms with E-state index < -0.39 is 10.0 Å². The molecule has 8 heteroatoms. The summed E-state index contributed by atoms with van der Waals surface area (Å²) in [7, 11) is -3.54. The maximum absolute atomic E-state index is 12.9. The number of halogens is 1. The number of hydrogen-bond acceptors (Lipinski definition) is 5. The standard InChI is InChI=1S/C24H29ClN2O3S2/c25-22-7-8-23(31-22)32(28,29)26-24-19-5-6-20(24)16-21-14-17(3-4-18(21)15-19)2-1-9-27-10-12-30-13-11-27/h1-4,7-8,14,19-20,24,26H,5-6,9-13,15-16H2/b2-1+/t19-,20+,24?/m0/s1. The molecule has 0 spiro atoms. The molecule has 172 valence electrons. The highest BCUT2D eigenvalue weighted by Crippen LogP contribution is 2.41. The predicted molar refractivity (Wildman–Crippen MR) is 130 cm³/mol. The van der Waals surface area contributed by atoms with Crippen LogP contribution in [0.25, 0.3) is 6.08 Å². The van der Waals surface area contributed by atoms with E-state index in [1.165, 1.54) is 16.7 Å². The molecule has 1 saturated heterocycles. The lowest BCUT2D eigenvalue weighted by molar-refractivity contribution is 0.0435. The number of rotatable bonds is 6. The van der Waals surface area contributed by atoms with Gasteiger partial charge >= 0.3 is 0 Å². The molecule has 5 nitrogen and oxygen atoms in total. The zero-order valence-electron chi connectivity index (χ0n) is 18.0. The molecule has 0 radical (unpaired) electrons. The van der Waals surface area contributed by atoms with Gasteiger partial charge in [-0.1, -0.05) is 42.0 Å². The van der Waals surface area contributed by atoms with E-state index in [1.54, 1.807) is 12.1 Å². The molecule has 1 aromatic carbocycles. The van der Waals surface area contributed by atoms with Crippen LogP contribution in [-0.4, -0.2) is 52.2 Å². The molecule has 1 aliphatic heterocycles. The summed E-state index contributed by atoms with van der Waals surface area (Å²) in [6, 6.07) is 9.96. The number of sulfonamides is 1. The number of morpholine rings is 1. The number of hydrogen-bond donors (Lipinski definition) is 1. The Labute approximate surface area is 199 Å². The first-order chi connectivity index (χ1) is 15.5. The summed E-state index contributed by atoms with van der Waals surface area (Å²) >= 11 is 7.09. The van der Waals surface area contributed by atoms with Gasteiger partial charge in [-0.3, -0.25) is 4.90 Å². The lowest BCUT2D eigenvalue weighted by Crippen LogP contribution is -2.41. The molecule has 5 rings (SSSR count). The Morgan fingerprint density at radius 3 is 2.56 bits per heavy atom. The molecule has 1 aromatic heterocycles. The van der Waals surface area contributed by atoms with E-state index in [0.29, 0.717) is 20.4 Å². The second kappa shape index (κ2) is 9.57. The Hall–Kier alpha value is -1.22. The molecule has 1 saturated carbocycles. The van der Waals surface area contributed by atoms with Crippen LogP contribution in [0, 0.1) is 11.8 Å². The van der Waals surface area contributed by atoms with E-state index >= 15 is 0 Å². The topological polar surface area (TPSA) is 58.6 Å². The number of fused-ring (bicyclic) bond motifs is 3. The summed E-state index contributed by atoms with van der Waals surface area (Å²) in [5.74, 6) is 0.674. The van der Waals surface area contributed by atoms with Crippen molar-refractivity contribution in [3.8, 4) is 0 Å². The van der Waals surface area contributed by atoms with Crippen molar-refractivity contribution in [3.63, 3.8) is 0 Å². The lowest BCUT2D eigenvalue weighted by Gasteiger charge is -2.25. The summed E-state index contributed by atoms with van der Waals surface area (Å²) in [6.07, 6.45) is 8.44. The highest BCUT2D eigenvalue weighted by atomic mass is 35.5. The molecule has 2 aliphatic carbocycles. The molecule has 2 bridgehead atoms. The molecule has 0 amide bonds. The van der Waals surface area contributed by atoms with Crippen LogP contribution in [-0.2, 0) is 27.6 Å². The first-order valence-electron chi connectivity index (χ1n) is 11.3. The van der Waals surface area contributed by atoms with Crippen LogP contribution in [0.2, 0.25) is 4.34 Å². The van der Waals surface area contributed by atoms with E-state index in [0.717, 1.165) is 69.9 Å². The molecule has 3 atom stereocenters. The molecule has 32 heavy (non-hydrogen) atoms. The van der Waals surface area contributed by atoms with Crippen LogP contribution >= 0.6 is 22.9 Å². The van der Waals surface area contributed by atoms with Crippen LogP contribution in [0.15, 0.2) is 40.6 Å². The first kappa shape index (κ1) is 22.6. The van der Waals surface area contributed by atoms with Crippen molar-refractivity contribution in [2.45, 2.75) is 35.9 Å². The van der Waals surface area contributed by atoms with Gasteiger partial charge in [-0.15, -0.1) is 11.3 Å². The molecule has 2 fully saturated rings. The van der Waals surface area contributed by atoms with Gasteiger partial charge in [-0.25, -0.2) is 13.1 Å². The minimum atomic E-state index is -3.54. The molecule has 2 heterocycles. The van der Waals surface area contributed by atoms with E-state index in [1.807, 2.05) is 0 Å². The molecular formula is C24H29ClN2O3S2. The van der Waals surface area contributed by atoms with Crippen molar-refractivity contribution in [2.24, 2.45) is 11.8 Å². The molecule has 3 aliphatic rings. The Kier molecular flexibility index (Phi) is 6.75. The summed E-state index contributed by atoms with van der Waals surface area (Å²) < 4.78 is 35.1. The van der Waals surface area contributed by atoms with Crippen molar-refractivity contribution in [3.05, 3.63) is 57.4 Å². The summed E-state index contributed by atoms with van der Waals surface area (Å²) in [6.45, 7) is 4.57. The second-order valence-corrected chi connectivity index (χ2v) is 12.7. The van der Waals surface area contributed by atoms with E-state index in [4.69, 9.17) is 16.3 Å². The van der Waals surface area contributed by atoms with Gasteiger partial charge in [0, 0.05) is 25.7 Å². The van der Waals surface area contributed by atoms with Crippen molar-refractivity contribution in [1.29, 1.82) is 0 Å². The third-order valence-corrected chi connectivity index (χ3v) is 10.2. The van der Waals surface area contributed by atoms with Crippen molar-refractivity contribution in [1.82, 2.24) is 9.62 Å². The number of benzene rings is 1. The van der Waals surface area contributed by atoms with E-state index in [2.05, 4.69) is 40.0 Å². The monoisotopic (exact) mass is 492 g/mol. The maximum Gasteiger partial charge on any atom is 0.250 e. The van der Waals surface area contributed by atoms with Gasteiger partial charge in [0.25, 0.3) is 0 Å². The minimum Gasteiger partial charge on any atom is -0.379 e. The zero-order chi connectivity index (χ0) is 22.1. The van der Waals surface area contributed by atoms with E-state index in [-0.39, 0.29) is 6.04 Å². The van der Waals surface area contributed by atoms with Gasteiger partial charge in [0.15, 0.2) is 0 Å². The highest BCUT2D eigenvalue weighted by Gasteiger charge is 2.41. The summed E-state index contributed by atoms with van der Waals surface area (Å²) in [5.41, 5.74) is 3.96. The summed E-state index contributed by atoms with van der Waals surface area (Å²) in [4.78, 5) is 2.40. The van der Waals surface area contributed by atoms with Gasteiger partial charge in [0.1, 0.15) is 4.21 Å². The van der Waals surface area contributed by atoms with Crippen LogP contribution in [0.3, 0.4) is 0 Å². The largest absolute Gasteiger partial charge is 0.379 e. The van der Waals surface area contributed by atoms with Crippen LogP contribution in [0.5, 0.6) is 0 Å². The van der Waals surface area contributed by atoms with Gasteiger partial charge in [-0.05, 0) is 66.3 Å². The van der Waals surface area contributed by atoms with Gasteiger partial charge in [0.05, 0.1) is 17.6 Å². The Balaban J connectivity index is 1.28. The zero-order valence-corrected chi connectivity index (χ0v) is 20.4. The highest BCUT2D eigenvalue weighted by molar-refractivity contribution is 7.91. The molecular weight excluding hydrogens is 464 g/mol. The third kappa shape index (κ3) is 4.98. The average Bonchev–Trinajstić information content (AvgIpc) is 3.33. The van der Waals surface area contributed by atoms with Crippen LogP contribution in [0.4, 0.5) is 0 Å². The fraction of sp³-hybridized carbons (Fsp3) is 0.500. The Bertz CT molecular complexity index is 1090. The predicted octanol–water partition coefficient (Wildman–Crippen LogP) is 4.22. The van der Waals surface area contributed by atoms with Gasteiger partial charge in [0.2, 0.25) is 10.0 Å². The first-order valence-corrected chi connectivity index (χ1v) is 14.0. The minimum absolute atomic E-state index is 0.0198. The Morgan fingerprint density at radius 2 is 1.84 bits per heavy atom. The maximum atomic E-state index is 12.9. The van der Waals surface area contributed by atoms with Crippen LogP contribution < -0.4 is 4.72 Å². The normalized spacial score (nSPS) is 26.3. The van der Waals surface area contributed by atoms with Gasteiger partial charge in [-0.2, -0.15) is 0 Å². The number of nitrogens with zero attached hydrogens (tertiary/aromatic N) is 1. The van der Waals surface area contributed by atoms with E-state index in [9.17, 15) is 8.42 Å². The second-order valence-electron chi connectivity index (χ2n) is 9.05. The number of thiophene rings is 1. The number of nitrogens with one attached hydrogen (secondary N) is 1. The van der Waals surface area contributed by atoms with Crippen molar-refractivity contribution in [2.75, 3.05) is 32.8 Å². The third-order valence-electron chi connectivity index (χ3n) is 7.00. The molecule has 2 aromatic rings. The van der Waals surface area contributed by atoms with Crippen molar-refractivity contribution >= 4 is 39.0 Å². The van der Waals surface area contributed by atoms with Gasteiger partial charge < -0.3 is 4.74 Å². The SMILES string of the molecule is O=S(=O)(NC1[C@@H]2CC[C@H]1Cc1ccc(/C=C/CN3CCOCC3)cc1C2)c1ccc(Cl)s1. The molecule has 1 N–H and O–H groups in total. The fourth-order valence-electron chi connectivity index (χ4n) is 5.33. The number of ether oxygens (including phenoxy) is 1.